The lowest BCUT2D eigenvalue weighted by Crippen LogP contribution is -2.34. The molecule has 3 unspecified atom stereocenters. The van der Waals surface area contributed by atoms with E-state index in [4.69, 9.17) is 0 Å². The van der Waals surface area contributed by atoms with E-state index in [-0.39, 0.29) is 0 Å². The van der Waals surface area contributed by atoms with Gasteiger partial charge in [0.2, 0.25) is 0 Å². The molecule has 9 nitrogen and oxygen atoms in total. The summed E-state index contributed by atoms with van der Waals surface area (Å²) in [5, 5.41) is 9.46. The van der Waals surface area contributed by atoms with E-state index in [1.54, 1.807) is 0 Å². The minimum absolute atomic E-state index is 0.728. The molecule has 0 rings (SSSR count). The SMILES string of the molecule is COC(=O)C(C)OC(=O)CC(O)C(=O)OC(C)C(=O)OC. The van der Waals surface area contributed by atoms with Gasteiger partial charge >= 0.3 is 23.9 Å². The van der Waals surface area contributed by atoms with E-state index in [9.17, 15) is 24.3 Å². The molecule has 0 fully saturated rings. The first-order chi connectivity index (χ1) is 9.72. The molecule has 0 heterocycles. The van der Waals surface area contributed by atoms with E-state index < -0.39 is 48.6 Å². The highest BCUT2D eigenvalue weighted by atomic mass is 16.6. The zero-order valence-electron chi connectivity index (χ0n) is 12.2. The van der Waals surface area contributed by atoms with Crippen molar-refractivity contribution in [1.29, 1.82) is 0 Å². The number of methoxy groups -OCH3 is 2. The molecule has 0 aliphatic heterocycles. The summed E-state index contributed by atoms with van der Waals surface area (Å²) in [6.45, 7) is 2.52. The Bertz CT molecular complexity index is 404. The molecule has 0 bridgehead atoms. The minimum Gasteiger partial charge on any atom is -0.466 e. The van der Waals surface area contributed by atoms with Crippen molar-refractivity contribution in [2.24, 2.45) is 0 Å². The maximum Gasteiger partial charge on any atom is 0.346 e. The van der Waals surface area contributed by atoms with Gasteiger partial charge in [0, 0.05) is 0 Å². The first kappa shape index (κ1) is 18.8. The molecular weight excluding hydrogens is 288 g/mol. The second-order valence-corrected chi connectivity index (χ2v) is 3.98. The lowest BCUT2D eigenvalue weighted by molar-refractivity contribution is -0.174. The molecule has 0 spiro atoms. The van der Waals surface area contributed by atoms with Crippen LogP contribution in [0.1, 0.15) is 20.3 Å². The average molecular weight is 306 g/mol. The van der Waals surface area contributed by atoms with E-state index in [0.717, 1.165) is 14.2 Å². The molecule has 0 radical (unpaired) electrons. The Balaban J connectivity index is 4.32. The van der Waals surface area contributed by atoms with Crippen molar-refractivity contribution in [2.45, 2.75) is 38.6 Å². The van der Waals surface area contributed by atoms with Crippen molar-refractivity contribution in [2.75, 3.05) is 14.2 Å². The maximum absolute atomic E-state index is 11.4. The molecule has 21 heavy (non-hydrogen) atoms. The van der Waals surface area contributed by atoms with Crippen molar-refractivity contribution < 1.29 is 43.2 Å². The average Bonchev–Trinajstić information content (AvgIpc) is 2.44. The van der Waals surface area contributed by atoms with Crippen LogP contribution in [0.15, 0.2) is 0 Å². The number of rotatable bonds is 7. The lowest BCUT2D eigenvalue weighted by Gasteiger charge is -2.15. The van der Waals surface area contributed by atoms with Gasteiger partial charge in [-0.05, 0) is 13.8 Å². The predicted octanol–water partition coefficient (Wildman–Crippen LogP) is -1.05. The molecule has 0 amide bonds. The van der Waals surface area contributed by atoms with Crippen molar-refractivity contribution >= 4 is 23.9 Å². The van der Waals surface area contributed by atoms with Crippen molar-refractivity contribution in [3.63, 3.8) is 0 Å². The summed E-state index contributed by atoms with van der Waals surface area (Å²) in [5.74, 6) is -3.77. The molecule has 0 aromatic heterocycles. The normalized spacial score (nSPS) is 14.3. The second-order valence-electron chi connectivity index (χ2n) is 3.98. The van der Waals surface area contributed by atoms with Gasteiger partial charge in [-0.15, -0.1) is 0 Å². The van der Waals surface area contributed by atoms with Crippen LogP contribution in [0, 0.1) is 0 Å². The highest BCUT2D eigenvalue weighted by Crippen LogP contribution is 2.04. The van der Waals surface area contributed by atoms with Gasteiger partial charge in [0.1, 0.15) is 0 Å². The third kappa shape index (κ3) is 6.70. The van der Waals surface area contributed by atoms with Crippen LogP contribution in [0.3, 0.4) is 0 Å². The van der Waals surface area contributed by atoms with Crippen molar-refractivity contribution in [3.05, 3.63) is 0 Å². The van der Waals surface area contributed by atoms with Gasteiger partial charge in [-0.25, -0.2) is 14.4 Å². The number of hydrogen-bond acceptors (Lipinski definition) is 9. The Morgan fingerprint density at radius 2 is 1.29 bits per heavy atom. The third-order valence-corrected chi connectivity index (χ3v) is 2.30. The molecule has 9 heteroatoms. The Labute approximate surface area is 121 Å². The van der Waals surface area contributed by atoms with Gasteiger partial charge in [0.05, 0.1) is 20.6 Å². The number of aliphatic hydroxyl groups is 1. The largest absolute Gasteiger partial charge is 0.466 e. The number of aliphatic hydroxyl groups excluding tert-OH is 1. The summed E-state index contributed by atoms with van der Waals surface area (Å²) in [5.41, 5.74) is 0. The van der Waals surface area contributed by atoms with Gasteiger partial charge < -0.3 is 24.1 Å². The quantitative estimate of drug-likeness (QED) is 0.463. The smallest absolute Gasteiger partial charge is 0.346 e. The second kappa shape index (κ2) is 8.90. The predicted molar refractivity (Wildman–Crippen MR) is 65.8 cm³/mol. The highest BCUT2D eigenvalue weighted by molar-refractivity contribution is 5.85. The number of carbonyl (C=O) groups excluding carboxylic acids is 4. The van der Waals surface area contributed by atoms with Gasteiger partial charge in [0.15, 0.2) is 18.3 Å². The van der Waals surface area contributed by atoms with E-state index in [2.05, 4.69) is 18.9 Å². The van der Waals surface area contributed by atoms with Crippen LogP contribution in [0.25, 0.3) is 0 Å². The molecule has 1 N–H and O–H groups in total. The Hall–Kier alpha value is -2.16. The van der Waals surface area contributed by atoms with Crippen LogP contribution in [0.5, 0.6) is 0 Å². The summed E-state index contributed by atoms with van der Waals surface area (Å²) in [6.07, 6.45) is -4.94. The highest BCUT2D eigenvalue weighted by Gasteiger charge is 2.27. The lowest BCUT2D eigenvalue weighted by atomic mass is 10.2. The molecule has 0 aromatic rings. The van der Waals surface area contributed by atoms with Crippen LogP contribution >= 0.6 is 0 Å². The molecular formula is C12H18O9. The summed E-state index contributed by atoms with van der Waals surface area (Å²) >= 11 is 0. The molecule has 0 aliphatic rings. The maximum atomic E-state index is 11.4. The first-order valence-electron chi connectivity index (χ1n) is 5.96. The number of ether oxygens (including phenoxy) is 4. The molecule has 0 saturated heterocycles. The fourth-order valence-corrected chi connectivity index (χ4v) is 1.17. The van der Waals surface area contributed by atoms with Crippen LogP contribution in [0.4, 0.5) is 0 Å². The summed E-state index contributed by atoms with van der Waals surface area (Å²) in [7, 11) is 2.22. The number of carbonyl (C=O) groups is 4. The minimum atomic E-state index is -1.82. The van der Waals surface area contributed by atoms with E-state index in [1.165, 1.54) is 13.8 Å². The molecule has 3 atom stereocenters. The van der Waals surface area contributed by atoms with E-state index in [0.29, 0.717) is 0 Å². The standard InChI is InChI=1S/C12H18O9/c1-6(10(15)18-3)20-9(14)5-8(13)12(17)21-7(2)11(16)19-4/h6-8,13H,5H2,1-4H3. The summed E-state index contributed by atoms with van der Waals surface area (Å²) in [4.78, 5) is 44.8. The monoisotopic (exact) mass is 306 g/mol. The molecule has 120 valence electrons. The van der Waals surface area contributed by atoms with Crippen molar-refractivity contribution in [1.82, 2.24) is 0 Å². The zero-order chi connectivity index (χ0) is 16.6. The van der Waals surface area contributed by atoms with Gasteiger partial charge in [0.25, 0.3) is 0 Å². The van der Waals surface area contributed by atoms with Crippen LogP contribution in [-0.2, 0) is 38.1 Å². The Morgan fingerprint density at radius 1 is 0.857 bits per heavy atom. The third-order valence-electron chi connectivity index (χ3n) is 2.30. The molecule has 0 aliphatic carbocycles. The number of hydrogen-bond donors (Lipinski definition) is 1. The fourth-order valence-electron chi connectivity index (χ4n) is 1.17. The molecule has 0 aromatic carbocycles. The fraction of sp³-hybridized carbons (Fsp3) is 0.667. The van der Waals surface area contributed by atoms with Gasteiger partial charge in [-0.1, -0.05) is 0 Å². The zero-order valence-corrected chi connectivity index (χ0v) is 12.2. The Morgan fingerprint density at radius 3 is 1.71 bits per heavy atom. The van der Waals surface area contributed by atoms with Crippen LogP contribution in [-0.4, -0.2) is 61.5 Å². The summed E-state index contributed by atoms with van der Waals surface area (Å²) in [6, 6.07) is 0. The van der Waals surface area contributed by atoms with Crippen LogP contribution < -0.4 is 0 Å². The van der Waals surface area contributed by atoms with E-state index in [1.807, 2.05) is 0 Å². The van der Waals surface area contributed by atoms with Gasteiger partial charge in [-0.3, -0.25) is 4.79 Å². The van der Waals surface area contributed by atoms with E-state index >= 15 is 0 Å². The van der Waals surface area contributed by atoms with Gasteiger partial charge in [-0.2, -0.15) is 0 Å². The molecule has 0 saturated carbocycles. The van der Waals surface area contributed by atoms with Crippen molar-refractivity contribution in [3.8, 4) is 0 Å². The Kier molecular flexibility index (Phi) is 7.99. The van der Waals surface area contributed by atoms with Crippen LogP contribution in [0.2, 0.25) is 0 Å². The summed E-state index contributed by atoms with van der Waals surface area (Å²) < 4.78 is 17.9. The topological polar surface area (TPSA) is 125 Å². The first-order valence-corrected chi connectivity index (χ1v) is 5.96. The number of esters is 4.